The third kappa shape index (κ3) is 2.84. The summed E-state index contributed by atoms with van der Waals surface area (Å²) in [4.78, 5) is 11.5. The predicted molar refractivity (Wildman–Crippen MR) is 142 cm³/mol. The molecule has 0 saturated carbocycles. The largest absolute Gasteiger partial charge is 0.302 e. The standard InChI is InChI=1S/C32H27N3/c1-20-11-13-28-31-23(30-22-8-4-5-9-25(22)32(2,3)26(30)18-24(20)31)15-17-35(28)29-14-12-21(19-34-29)27-10-6-7-16-33-27/h4-20,24H,1-3H3. The van der Waals surface area contributed by atoms with Crippen molar-refractivity contribution in [3.63, 3.8) is 0 Å². The SMILES string of the molecule is CC1C=CC2=C3C(=C4C(=CC31)C(C)(C)c1ccccc14)C=CN2c1ccc(-c2ccccn2)cn1. The van der Waals surface area contributed by atoms with Crippen molar-refractivity contribution < 1.29 is 0 Å². The highest BCUT2D eigenvalue weighted by molar-refractivity contribution is 5.97. The Hall–Kier alpha value is -3.98. The summed E-state index contributed by atoms with van der Waals surface area (Å²) in [5, 5.41) is 0. The van der Waals surface area contributed by atoms with E-state index in [0.717, 1.165) is 17.1 Å². The van der Waals surface area contributed by atoms with Crippen molar-refractivity contribution in [3.8, 4) is 11.3 Å². The van der Waals surface area contributed by atoms with E-state index >= 15 is 0 Å². The van der Waals surface area contributed by atoms with Gasteiger partial charge < -0.3 is 4.90 Å². The van der Waals surface area contributed by atoms with Crippen LogP contribution in [-0.4, -0.2) is 9.97 Å². The van der Waals surface area contributed by atoms with E-state index in [1.54, 1.807) is 0 Å². The summed E-state index contributed by atoms with van der Waals surface area (Å²) in [6.07, 6.45) is 15.4. The number of fused-ring (bicyclic) bond motifs is 3. The highest BCUT2D eigenvalue weighted by Crippen LogP contribution is 2.57. The number of hydrogen-bond acceptors (Lipinski definition) is 3. The second-order valence-corrected chi connectivity index (χ2v) is 10.4. The van der Waals surface area contributed by atoms with Gasteiger partial charge in [0.15, 0.2) is 0 Å². The van der Waals surface area contributed by atoms with Crippen LogP contribution in [0, 0.1) is 11.8 Å². The molecule has 0 amide bonds. The summed E-state index contributed by atoms with van der Waals surface area (Å²) in [6.45, 7) is 7.08. The molecule has 1 aliphatic heterocycles. The van der Waals surface area contributed by atoms with Crippen LogP contribution in [0.15, 0.2) is 120 Å². The highest BCUT2D eigenvalue weighted by atomic mass is 15.2. The Morgan fingerprint density at radius 3 is 2.57 bits per heavy atom. The van der Waals surface area contributed by atoms with Gasteiger partial charge in [0.2, 0.25) is 0 Å². The molecule has 3 aliphatic carbocycles. The van der Waals surface area contributed by atoms with Crippen LogP contribution in [0.2, 0.25) is 0 Å². The zero-order chi connectivity index (χ0) is 23.7. The van der Waals surface area contributed by atoms with Gasteiger partial charge in [-0.05, 0) is 75.8 Å². The summed E-state index contributed by atoms with van der Waals surface area (Å²) in [7, 11) is 0. The highest BCUT2D eigenvalue weighted by Gasteiger charge is 2.45. The minimum absolute atomic E-state index is 0.0132. The van der Waals surface area contributed by atoms with E-state index < -0.39 is 0 Å². The number of benzene rings is 1. The fourth-order valence-corrected chi connectivity index (χ4v) is 6.21. The fraction of sp³-hybridized carbons (Fsp3) is 0.188. The van der Waals surface area contributed by atoms with Crippen molar-refractivity contribution in [2.24, 2.45) is 11.8 Å². The van der Waals surface area contributed by atoms with Gasteiger partial charge >= 0.3 is 0 Å². The number of anilines is 1. The van der Waals surface area contributed by atoms with Crippen molar-refractivity contribution >= 4 is 11.4 Å². The molecule has 4 aliphatic rings. The van der Waals surface area contributed by atoms with E-state index in [9.17, 15) is 0 Å². The van der Waals surface area contributed by atoms with Crippen LogP contribution >= 0.6 is 0 Å². The molecule has 0 saturated heterocycles. The van der Waals surface area contributed by atoms with Crippen LogP contribution in [0.1, 0.15) is 31.9 Å². The summed E-state index contributed by atoms with van der Waals surface area (Å²) in [5.41, 5.74) is 11.7. The molecule has 35 heavy (non-hydrogen) atoms. The maximum atomic E-state index is 4.84. The lowest BCUT2D eigenvalue weighted by molar-refractivity contribution is 0.554. The van der Waals surface area contributed by atoms with Gasteiger partial charge in [-0.2, -0.15) is 0 Å². The van der Waals surface area contributed by atoms with Crippen molar-refractivity contribution in [3.05, 3.63) is 131 Å². The van der Waals surface area contributed by atoms with Crippen LogP contribution in [0.3, 0.4) is 0 Å². The Morgan fingerprint density at radius 2 is 1.77 bits per heavy atom. The molecule has 1 aromatic carbocycles. The fourth-order valence-electron chi connectivity index (χ4n) is 6.21. The molecular weight excluding hydrogens is 426 g/mol. The van der Waals surface area contributed by atoms with Crippen molar-refractivity contribution in [1.29, 1.82) is 0 Å². The molecule has 0 radical (unpaired) electrons. The van der Waals surface area contributed by atoms with Gasteiger partial charge in [-0.15, -0.1) is 0 Å². The first-order chi connectivity index (χ1) is 17.0. The molecule has 2 atom stereocenters. The monoisotopic (exact) mass is 453 g/mol. The van der Waals surface area contributed by atoms with E-state index in [0.29, 0.717) is 11.8 Å². The first kappa shape index (κ1) is 20.4. The van der Waals surface area contributed by atoms with Gasteiger partial charge in [-0.1, -0.05) is 63.3 Å². The zero-order valence-electron chi connectivity index (χ0n) is 20.2. The molecule has 3 aromatic rings. The molecule has 3 heterocycles. The van der Waals surface area contributed by atoms with Gasteiger partial charge in [0.05, 0.1) is 11.4 Å². The first-order valence-electron chi connectivity index (χ1n) is 12.4. The minimum atomic E-state index is 0.0132. The average Bonchev–Trinajstić information content (AvgIpc) is 3.13. The van der Waals surface area contributed by atoms with E-state index in [2.05, 4.69) is 97.6 Å². The number of hydrogen-bond donors (Lipinski definition) is 0. The maximum Gasteiger partial charge on any atom is 0.137 e. The second-order valence-electron chi connectivity index (χ2n) is 10.4. The molecule has 2 unspecified atom stereocenters. The third-order valence-corrected chi connectivity index (χ3v) is 8.06. The van der Waals surface area contributed by atoms with Crippen LogP contribution in [-0.2, 0) is 5.41 Å². The van der Waals surface area contributed by atoms with Crippen LogP contribution in [0.4, 0.5) is 5.82 Å². The van der Waals surface area contributed by atoms with Crippen LogP contribution in [0.5, 0.6) is 0 Å². The lowest BCUT2D eigenvalue weighted by Gasteiger charge is -2.40. The van der Waals surface area contributed by atoms with Crippen LogP contribution < -0.4 is 4.90 Å². The van der Waals surface area contributed by atoms with Gasteiger partial charge in [0.1, 0.15) is 5.82 Å². The predicted octanol–water partition coefficient (Wildman–Crippen LogP) is 7.24. The summed E-state index contributed by atoms with van der Waals surface area (Å²) >= 11 is 0. The van der Waals surface area contributed by atoms with E-state index in [1.807, 2.05) is 30.6 Å². The van der Waals surface area contributed by atoms with E-state index in [-0.39, 0.29) is 5.41 Å². The number of nitrogens with zero attached hydrogens (tertiary/aromatic N) is 3. The van der Waals surface area contributed by atoms with Gasteiger partial charge in [0, 0.05) is 35.5 Å². The summed E-state index contributed by atoms with van der Waals surface area (Å²) in [6, 6.07) is 19.1. The normalized spacial score (nSPS) is 23.2. The number of rotatable bonds is 2. The molecule has 0 N–H and O–H groups in total. The molecule has 3 heteroatoms. The number of pyridine rings is 2. The van der Waals surface area contributed by atoms with Gasteiger partial charge in [-0.3, -0.25) is 4.98 Å². The van der Waals surface area contributed by atoms with Gasteiger partial charge in [0.25, 0.3) is 0 Å². The van der Waals surface area contributed by atoms with Crippen molar-refractivity contribution in [2.45, 2.75) is 26.2 Å². The maximum absolute atomic E-state index is 4.84. The number of aromatic nitrogens is 2. The Bertz CT molecular complexity index is 1510. The van der Waals surface area contributed by atoms with Gasteiger partial charge in [-0.25, -0.2) is 4.98 Å². The van der Waals surface area contributed by atoms with Crippen LogP contribution in [0.25, 0.3) is 16.8 Å². The summed E-state index contributed by atoms with van der Waals surface area (Å²) < 4.78 is 0. The third-order valence-electron chi connectivity index (χ3n) is 8.06. The molecule has 0 spiro atoms. The van der Waals surface area contributed by atoms with E-state index in [1.165, 1.54) is 39.1 Å². The molecule has 0 bridgehead atoms. The first-order valence-corrected chi connectivity index (χ1v) is 12.4. The molecule has 3 nitrogen and oxygen atoms in total. The smallest absolute Gasteiger partial charge is 0.137 e. The van der Waals surface area contributed by atoms with Crippen molar-refractivity contribution in [2.75, 3.05) is 4.90 Å². The summed E-state index contributed by atoms with van der Waals surface area (Å²) in [5.74, 6) is 1.73. The molecule has 2 aromatic heterocycles. The Kier molecular flexibility index (Phi) is 4.23. The molecule has 7 rings (SSSR count). The number of allylic oxidation sites excluding steroid dienone is 8. The Morgan fingerprint density at radius 1 is 0.914 bits per heavy atom. The zero-order valence-corrected chi connectivity index (χ0v) is 20.2. The lowest BCUT2D eigenvalue weighted by atomic mass is 9.68. The lowest BCUT2D eigenvalue weighted by Crippen LogP contribution is -2.31. The molecular formula is C32H27N3. The molecule has 170 valence electrons. The Labute approximate surface area is 206 Å². The topological polar surface area (TPSA) is 29.0 Å². The average molecular weight is 454 g/mol. The van der Waals surface area contributed by atoms with E-state index in [4.69, 9.17) is 4.98 Å². The second kappa shape index (κ2) is 7.26. The quantitative estimate of drug-likeness (QED) is 0.410. The van der Waals surface area contributed by atoms with Crippen molar-refractivity contribution in [1.82, 2.24) is 9.97 Å². The molecule has 0 fully saturated rings. The Balaban J connectivity index is 1.37. The minimum Gasteiger partial charge on any atom is -0.302 e.